The van der Waals surface area contributed by atoms with Crippen LogP contribution in [0.5, 0.6) is 0 Å². The molecule has 0 saturated heterocycles. The van der Waals surface area contributed by atoms with Crippen LogP contribution in [-0.2, 0) is 15.0 Å². The molecule has 0 unspecified atom stereocenters. The maximum absolute atomic E-state index is 12.1. The van der Waals surface area contributed by atoms with Crippen LogP contribution in [0.4, 0.5) is 0 Å². The van der Waals surface area contributed by atoms with Crippen LogP contribution in [0.3, 0.4) is 0 Å². The van der Waals surface area contributed by atoms with Crippen molar-refractivity contribution < 1.29 is 18.3 Å². The number of carbonyl (C=O) groups is 1. The average molecular weight is 306 g/mol. The Balaban J connectivity index is 2.79. The van der Waals surface area contributed by atoms with Crippen molar-refractivity contribution in [2.75, 3.05) is 19.6 Å². The van der Waals surface area contributed by atoms with Gasteiger partial charge >= 0.3 is 5.97 Å². The van der Waals surface area contributed by atoms with Crippen LogP contribution in [0.25, 0.3) is 0 Å². The Bertz CT molecular complexity index is 410. The fourth-order valence-electron chi connectivity index (χ4n) is 2.76. The van der Waals surface area contributed by atoms with Gasteiger partial charge in [0.25, 0.3) is 10.2 Å². The monoisotopic (exact) mass is 306 g/mol. The zero-order valence-corrected chi connectivity index (χ0v) is 13.2. The lowest BCUT2D eigenvalue weighted by Gasteiger charge is -2.29. The summed E-state index contributed by atoms with van der Waals surface area (Å²) in [4.78, 5) is 11.6. The minimum Gasteiger partial charge on any atom is -0.481 e. The maximum atomic E-state index is 12.1. The highest BCUT2D eigenvalue weighted by molar-refractivity contribution is 7.87. The predicted octanol–water partition coefficient (Wildman–Crippen LogP) is 1.59. The van der Waals surface area contributed by atoms with Crippen molar-refractivity contribution in [2.45, 2.75) is 52.4 Å². The second-order valence-electron chi connectivity index (χ2n) is 5.41. The zero-order valence-electron chi connectivity index (χ0n) is 12.4. The summed E-state index contributed by atoms with van der Waals surface area (Å²) >= 11 is 0. The number of carboxylic acid groups (broad SMARTS) is 1. The second-order valence-corrected chi connectivity index (χ2v) is 7.17. The van der Waals surface area contributed by atoms with Gasteiger partial charge in [-0.3, -0.25) is 4.79 Å². The first-order chi connectivity index (χ1) is 9.38. The van der Waals surface area contributed by atoms with E-state index in [1.54, 1.807) is 13.8 Å². The summed E-state index contributed by atoms with van der Waals surface area (Å²) in [6.45, 7) is 4.28. The van der Waals surface area contributed by atoms with Gasteiger partial charge < -0.3 is 5.11 Å². The van der Waals surface area contributed by atoms with Crippen LogP contribution in [0.15, 0.2) is 0 Å². The fourth-order valence-corrected chi connectivity index (χ4v) is 4.08. The second kappa shape index (κ2) is 7.38. The summed E-state index contributed by atoms with van der Waals surface area (Å²) in [6.07, 6.45) is 4.83. The summed E-state index contributed by atoms with van der Waals surface area (Å²) in [6, 6.07) is 0. The van der Waals surface area contributed by atoms with Gasteiger partial charge in [0.2, 0.25) is 0 Å². The van der Waals surface area contributed by atoms with E-state index in [9.17, 15) is 18.3 Å². The fraction of sp³-hybridized carbons (Fsp3) is 0.923. The average Bonchev–Trinajstić information content (AvgIpc) is 2.64. The molecular formula is C13H26N2O4S. The SMILES string of the molecule is CCN(CC)S(=O)(=O)NCC1(C(=O)O)CCCCCC1. The van der Waals surface area contributed by atoms with Crippen LogP contribution >= 0.6 is 0 Å². The topological polar surface area (TPSA) is 86.7 Å². The Hall–Kier alpha value is -0.660. The van der Waals surface area contributed by atoms with E-state index < -0.39 is 21.6 Å². The molecule has 2 N–H and O–H groups in total. The number of carboxylic acids is 1. The van der Waals surface area contributed by atoms with Crippen LogP contribution in [0, 0.1) is 5.41 Å². The Morgan fingerprint density at radius 2 is 1.65 bits per heavy atom. The largest absolute Gasteiger partial charge is 0.481 e. The molecule has 6 nitrogen and oxygen atoms in total. The van der Waals surface area contributed by atoms with E-state index in [0.717, 1.165) is 25.7 Å². The lowest BCUT2D eigenvalue weighted by Crippen LogP contribution is -2.47. The van der Waals surface area contributed by atoms with Crippen molar-refractivity contribution in [1.29, 1.82) is 0 Å². The third-order valence-corrected chi connectivity index (χ3v) is 5.86. The Morgan fingerprint density at radius 1 is 1.15 bits per heavy atom. The molecular weight excluding hydrogens is 280 g/mol. The zero-order chi connectivity index (χ0) is 15.2. The van der Waals surface area contributed by atoms with Gasteiger partial charge in [0.05, 0.1) is 5.41 Å². The van der Waals surface area contributed by atoms with Crippen LogP contribution < -0.4 is 4.72 Å². The molecule has 1 fully saturated rings. The minimum absolute atomic E-state index is 0.0127. The van der Waals surface area contributed by atoms with Gasteiger partial charge in [0, 0.05) is 19.6 Å². The summed E-state index contributed by atoms with van der Waals surface area (Å²) in [5.74, 6) is -0.887. The van der Waals surface area contributed by atoms with E-state index in [1.165, 1.54) is 4.31 Å². The van der Waals surface area contributed by atoms with E-state index in [4.69, 9.17) is 0 Å². The summed E-state index contributed by atoms with van der Waals surface area (Å²) in [7, 11) is -3.59. The van der Waals surface area contributed by atoms with Crippen molar-refractivity contribution in [3.63, 3.8) is 0 Å². The predicted molar refractivity (Wildman–Crippen MR) is 77.6 cm³/mol. The summed E-state index contributed by atoms with van der Waals surface area (Å²) in [5, 5.41) is 9.52. The van der Waals surface area contributed by atoms with Gasteiger partial charge in [-0.05, 0) is 12.8 Å². The van der Waals surface area contributed by atoms with Gasteiger partial charge in [-0.2, -0.15) is 12.7 Å². The van der Waals surface area contributed by atoms with Crippen LogP contribution in [0.2, 0.25) is 0 Å². The molecule has 0 spiro atoms. The molecule has 0 bridgehead atoms. The number of nitrogens with one attached hydrogen (secondary N) is 1. The number of hydrogen-bond donors (Lipinski definition) is 2. The number of rotatable bonds is 7. The first kappa shape index (κ1) is 17.4. The first-order valence-electron chi connectivity index (χ1n) is 7.36. The quantitative estimate of drug-likeness (QED) is 0.699. The minimum atomic E-state index is -3.59. The van der Waals surface area contributed by atoms with Gasteiger partial charge in [-0.1, -0.05) is 39.5 Å². The normalized spacial score (nSPS) is 19.8. The van der Waals surface area contributed by atoms with Crippen molar-refractivity contribution >= 4 is 16.2 Å². The van der Waals surface area contributed by atoms with Gasteiger partial charge in [0.1, 0.15) is 0 Å². The molecule has 0 aliphatic heterocycles. The standard InChI is InChI=1S/C13H26N2O4S/c1-3-15(4-2)20(18,19)14-11-13(12(16)17)9-7-5-6-8-10-13/h14H,3-11H2,1-2H3,(H,16,17). The molecule has 0 aromatic rings. The maximum Gasteiger partial charge on any atom is 0.310 e. The Kier molecular flexibility index (Phi) is 6.42. The number of nitrogens with zero attached hydrogens (tertiary/aromatic N) is 1. The molecule has 0 atom stereocenters. The third-order valence-electron chi connectivity index (χ3n) is 4.15. The molecule has 0 aromatic carbocycles. The van der Waals surface area contributed by atoms with Gasteiger partial charge in [-0.15, -0.1) is 0 Å². The molecule has 1 aliphatic carbocycles. The number of aliphatic carboxylic acids is 1. The Morgan fingerprint density at radius 3 is 2.05 bits per heavy atom. The molecule has 1 aliphatic rings. The Labute approximate surface area is 121 Å². The van der Waals surface area contributed by atoms with E-state index in [1.807, 2.05) is 0 Å². The summed E-state index contributed by atoms with van der Waals surface area (Å²) < 4.78 is 28.0. The van der Waals surface area contributed by atoms with Crippen LogP contribution in [0.1, 0.15) is 52.4 Å². The van der Waals surface area contributed by atoms with Crippen molar-refractivity contribution in [2.24, 2.45) is 5.41 Å². The van der Waals surface area contributed by atoms with E-state index in [2.05, 4.69) is 4.72 Å². The van der Waals surface area contributed by atoms with Crippen molar-refractivity contribution in [3.05, 3.63) is 0 Å². The highest BCUT2D eigenvalue weighted by Crippen LogP contribution is 2.35. The number of hydrogen-bond acceptors (Lipinski definition) is 3. The first-order valence-corrected chi connectivity index (χ1v) is 8.80. The third kappa shape index (κ3) is 4.17. The highest BCUT2D eigenvalue weighted by atomic mass is 32.2. The molecule has 0 radical (unpaired) electrons. The van der Waals surface area contributed by atoms with E-state index >= 15 is 0 Å². The van der Waals surface area contributed by atoms with Crippen molar-refractivity contribution in [1.82, 2.24) is 9.03 Å². The molecule has 1 saturated carbocycles. The molecule has 0 amide bonds. The molecule has 1 rings (SSSR count). The highest BCUT2D eigenvalue weighted by Gasteiger charge is 2.39. The van der Waals surface area contributed by atoms with Gasteiger partial charge in [-0.25, -0.2) is 4.72 Å². The van der Waals surface area contributed by atoms with Crippen molar-refractivity contribution in [3.8, 4) is 0 Å². The molecule has 20 heavy (non-hydrogen) atoms. The van der Waals surface area contributed by atoms with E-state index in [0.29, 0.717) is 25.9 Å². The smallest absolute Gasteiger partial charge is 0.310 e. The van der Waals surface area contributed by atoms with E-state index in [-0.39, 0.29) is 6.54 Å². The molecule has 118 valence electrons. The lowest BCUT2D eigenvalue weighted by molar-refractivity contribution is -0.149. The molecule has 0 aromatic heterocycles. The lowest BCUT2D eigenvalue weighted by atomic mass is 9.80. The molecule has 0 heterocycles. The van der Waals surface area contributed by atoms with Gasteiger partial charge in [0.15, 0.2) is 0 Å². The van der Waals surface area contributed by atoms with Crippen LogP contribution in [-0.4, -0.2) is 43.4 Å². The molecule has 7 heteroatoms. The summed E-state index contributed by atoms with van der Waals surface area (Å²) in [5.41, 5.74) is -0.948.